The van der Waals surface area contributed by atoms with Crippen LogP contribution in [0.5, 0.6) is 0 Å². The van der Waals surface area contributed by atoms with Crippen molar-refractivity contribution in [1.82, 2.24) is 4.47 Å². The molecule has 22 heavy (non-hydrogen) atoms. The molecule has 0 aliphatic heterocycles. The Balaban J connectivity index is 2.30. The molecule has 0 aliphatic carbocycles. The van der Waals surface area contributed by atoms with E-state index in [2.05, 4.69) is 4.72 Å². The van der Waals surface area contributed by atoms with E-state index in [1.165, 1.54) is 19.2 Å². The lowest BCUT2D eigenvalue weighted by Crippen LogP contribution is -2.13. The number of hydrogen-bond acceptors (Lipinski definition) is 5. The Kier molecular flexibility index (Phi) is 5.37. The molecule has 3 N–H and O–H groups in total. The lowest BCUT2D eigenvalue weighted by molar-refractivity contribution is -0.137. The van der Waals surface area contributed by atoms with E-state index in [1.54, 1.807) is 36.4 Å². The van der Waals surface area contributed by atoms with Crippen molar-refractivity contribution in [2.45, 2.75) is 5.92 Å². The van der Waals surface area contributed by atoms with Gasteiger partial charge in [0.05, 0.1) is 17.8 Å². The molecule has 0 spiro atoms. The predicted molar refractivity (Wildman–Crippen MR) is 83.1 cm³/mol. The number of nitrogens with zero attached hydrogens (tertiary/aromatic N) is 1. The van der Waals surface area contributed by atoms with Gasteiger partial charge in [-0.2, -0.15) is 0 Å². The van der Waals surface area contributed by atoms with Crippen LogP contribution in [0.2, 0.25) is 0 Å². The van der Waals surface area contributed by atoms with Gasteiger partial charge in [0.1, 0.15) is 11.7 Å². The summed E-state index contributed by atoms with van der Waals surface area (Å²) >= 11 is 0.798. The fourth-order valence-electron chi connectivity index (χ4n) is 2.03. The van der Waals surface area contributed by atoms with Gasteiger partial charge in [-0.3, -0.25) is 4.79 Å². The first-order valence-corrected chi connectivity index (χ1v) is 7.19. The highest BCUT2D eigenvalue weighted by molar-refractivity contribution is 7.98. The second-order valence-electron chi connectivity index (χ2n) is 4.58. The highest BCUT2D eigenvalue weighted by Gasteiger charge is 2.23. The number of carboxylic acids is 1. The number of aliphatic carboxylic acids is 1. The van der Waals surface area contributed by atoms with Gasteiger partial charge in [0.25, 0.3) is 0 Å². The molecular weight excluding hydrogens is 307 g/mol. The minimum atomic E-state index is -1.05. The van der Waals surface area contributed by atoms with Gasteiger partial charge in [-0.15, -0.1) is 4.47 Å². The van der Waals surface area contributed by atoms with Crippen LogP contribution in [0.25, 0.3) is 0 Å². The van der Waals surface area contributed by atoms with Crippen molar-refractivity contribution < 1.29 is 19.5 Å². The fourth-order valence-corrected chi connectivity index (χ4v) is 2.43. The van der Waals surface area contributed by atoms with Crippen molar-refractivity contribution in [3.63, 3.8) is 0 Å². The third-order valence-electron chi connectivity index (χ3n) is 2.99. The van der Waals surface area contributed by atoms with Crippen LogP contribution in [0.15, 0.2) is 48.5 Å². The SMILES string of the molecule is CN(O)SNc1ccc(C(C(=O)O)c2ccccc2)cc1F. The summed E-state index contributed by atoms with van der Waals surface area (Å²) in [5, 5.41) is 18.4. The molecule has 1 unspecified atom stereocenters. The fraction of sp³-hybridized carbons (Fsp3) is 0.133. The monoisotopic (exact) mass is 322 g/mol. The number of anilines is 1. The number of carboxylic acid groups (broad SMARTS) is 1. The van der Waals surface area contributed by atoms with Gasteiger partial charge in [-0.25, -0.2) is 4.39 Å². The standard InChI is InChI=1S/C15H15FN2O3S/c1-18(21)22-17-13-8-7-11(9-12(13)16)14(15(19)20)10-5-3-2-4-6-10/h2-9,14,17,21H,1H3,(H,19,20). The quantitative estimate of drug-likeness (QED) is 0.559. The smallest absolute Gasteiger partial charge is 0.315 e. The Hall–Kier alpha value is -2.09. The van der Waals surface area contributed by atoms with E-state index in [-0.39, 0.29) is 5.69 Å². The van der Waals surface area contributed by atoms with Crippen LogP contribution in [0.1, 0.15) is 17.0 Å². The lowest BCUT2D eigenvalue weighted by atomic mass is 9.91. The summed E-state index contributed by atoms with van der Waals surface area (Å²) in [4.78, 5) is 11.5. The number of rotatable bonds is 6. The molecule has 2 aromatic rings. The van der Waals surface area contributed by atoms with Crippen molar-refractivity contribution in [2.75, 3.05) is 11.8 Å². The molecule has 2 aromatic carbocycles. The Morgan fingerprint density at radius 1 is 1.23 bits per heavy atom. The zero-order valence-electron chi connectivity index (χ0n) is 11.7. The van der Waals surface area contributed by atoms with E-state index in [4.69, 9.17) is 5.21 Å². The third kappa shape index (κ3) is 3.97. The van der Waals surface area contributed by atoms with E-state index in [0.29, 0.717) is 11.1 Å². The van der Waals surface area contributed by atoms with Crippen molar-refractivity contribution in [1.29, 1.82) is 0 Å². The van der Waals surface area contributed by atoms with E-state index in [0.717, 1.165) is 16.6 Å². The molecule has 0 heterocycles. The summed E-state index contributed by atoms with van der Waals surface area (Å²) in [6, 6.07) is 12.8. The van der Waals surface area contributed by atoms with Gasteiger partial charge in [0, 0.05) is 7.05 Å². The van der Waals surface area contributed by atoms with Crippen LogP contribution < -0.4 is 4.72 Å². The first-order valence-electron chi connectivity index (χ1n) is 6.42. The van der Waals surface area contributed by atoms with E-state index in [9.17, 15) is 14.3 Å². The van der Waals surface area contributed by atoms with Crippen molar-refractivity contribution in [3.05, 3.63) is 65.5 Å². The van der Waals surface area contributed by atoms with Gasteiger partial charge in [-0.1, -0.05) is 36.4 Å². The van der Waals surface area contributed by atoms with Gasteiger partial charge in [0.15, 0.2) is 0 Å². The first kappa shape index (κ1) is 16.3. The topological polar surface area (TPSA) is 72.8 Å². The maximum absolute atomic E-state index is 14.1. The second-order valence-corrected chi connectivity index (χ2v) is 5.49. The molecule has 0 amide bonds. The van der Waals surface area contributed by atoms with E-state index in [1.807, 2.05) is 0 Å². The molecule has 116 valence electrons. The molecule has 0 aromatic heterocycles. The predicted octanol–water partition coefficient (Wildman–Crippen LogP) is 3.34. The average Bonchev–Trinajstić information content (AvgIpc) is 2.47. The largest absolute Gasteiger partial charge is 0.481 e. The highest BCUT2D eigenvalue weighted by Crippen LogP contribution is 2.28. The summed E-state index contributed by atoms with van der Waals surface area (Å²) in [6.07, 6.45) is 0. The average molecular weight is 322 g/mol. The highest BCUT2D eigenvalue weighted by atomic mass is 32.2. The summed E-state index contributed by atoms with van der Waals surface area (Å²) in [6.45, 7) is 0. The van der Waals surface area contributed by atoms with E-state index < -0.39 is 17.7 Å². The van der Waals surface area contributed by atoms with Crippen LogP contribution in [-0.4, -0.2) is 27.8 Å². The molecule has 7 heteroatoms. The van der Waals surface area contributed by atoms with Crippen LogP contribution in [0, 0.1) is 5.82 Å². The van der Waals surface area contributed by atoms with Gasteiger partial charge >= 0.3 is 5.97 Å². The zero-order valence-corrected chi connectivity index (χ0v) is 12.5. The normalized spacial score (nSPS) is 12.2. The van der Waals surface area contributed by atoms with Crippen molar-refractivity contribution >= 4 is 23.8 Å². The second kappa shape index (κ2) is 7.26. The number of benzene rings is 2. The maximum atomic E-state index is 14.1. The third-order valence-corrected chi connectivity index (χ3v) is 3.57. The summed E-state index contributed by atoms with van der Waals surface area (Å²) in [7, 11) is 1.39. The van der Waals surface area contributed by atoms with Gasteiger partial charge in [0.2, 0.25) is 0 Å². The Morgan fingerprint density at radius 2 is 1.91 bits per heavy atom. The minimum absolute atomic E-state index is 0.159. The number of halogens is 1. The van der Waals surface area contributed by atoms with Gasteiger partial charge < -0.3 is 15.0 Å². The molecule has 0 bridgehead atoms. The first-order chi connectivity index (χ1) is 10.5. The Labute approximate surface area is 131 Å². The number of hydrogen-bond donors (Lipinski definition) is 3. The molecule has 2 rings (SSSR count). The Bertz CT molecular complexity index is 652. The van der Waals surface area contributed by atoms with Crippen LogP contribution in [0.3, 0.4) is 0 Å². The molecule has 0 radical (unpaired) electrons. The van der Waals surface area contributed by atoms with Crippen molar-refractivity contribution in [3.8, 4) is 0 Å². The molecule has 1 atom stereocenters. The summed E-state index contributed by atoms with van der Waals surface area (Å²) in [5.41, 5.74) is 1.09. The van der Waals surface area contributed by atoms with Crippen LogP contribution in [0.4, 0.5) is 10.1 Å². The van der Waals surface area contributed by atoms with Crippen LogP contribution in [-0.2, 0) is 4.79 Å². The molecule has 0 aliphatic rings. The molecule has 5 nitrogen and oxygen atoms in total. The molecule has 0 saturated carbocycles. The lowest BCUT2D eigenvalue weighted by Gasteiger charge is -2.15. The number of nitrogens with one attached hydrogen (secondary N) is 1. The molecular formula is C15H15FN2O3S. The van der Waals surface area contributed by atoms with Crippen LogP contribution >= 0.6 is 12.1 Å². The minimum Gasteiger partial charge on any atom is -0.481 e. The van der Waals surface area contributed by atoms with Crippen molar-refractivity contribution in [2.24, 2.45) is 0 Å². The van der Waals surface area contributed by atoms with E-state index >= 15 is 0 Å². The Morgan fingerprint density at radius 3 is 2.45 bits per heavy atom. The molecule has 0 saturated heterocycles. The number of carbonyl (C=O) groups is 1. The zero-order chi connectivity index (χ0) is 16.1. The summed E-state index contributed by atoms with van der Waals surface area (Å²) in [5.74, 6) is -2.57. The number of hydroxylamine groups is 1. The molecule has 0 fully saturated rings. The van der Waals surface area contributed by atoms with Gasteiger partial charge in [-0.05, 0) is 23.3 Å². The summed E-state index contributed by atoms with van der Waals surface area (Å²) < 4.78 is 17.5. The maximum Gasteiger partial charge on any atom is 0.315 e.